The van der Waals surface area contributed by atoms with E-state index in [-0.39, 0.29) is 48.4 Å². The highest BCUT2D eigenvalue weighted by atomic mass is 19.2. The molecule has 0 heterocycles. The highest BCUT2D eigenvalue weighted by Crippen LogP contribution is 2.39. The van der Waals surface area contributed by atoms with Crippen LogP contribution in [-0.4, -0.2) is 61.0 Å². The summed E-state index contributed by atoms with van der Waals surface area (Å²) in [6.07, 6.45) is 5.43. The van der Waals surface area contributed by atoms with Gasteiger partial charge in [-0.25, -0.2) is 8.78 Å². The van der Waals surface area contributed by atoms with E-state index in [1.165, 1.54) is 12.1 Å². The first-order chi connectivity index (χ1) is 20.1. The Morgan fingerprint density at radius 1 is 1.14 bits per heavy atom. The number of ketones is 1. The highest BCUT2D eigenvalue weighted by Gasteiger charge is 2.34. The Labute approximate surface area is 249 Å². The normalized spacial score (nSPS) is 22.4. The van der Waals surface area contributed by atoms with Crippen molar-refractivity contribution in [1.82, 2.24) is 10.2 Å². The molecule has 0 radical (unpaired) electrons. The van der Waals surface area contributed by atoms with Gasteiger partial charge in [0.1, 0.15) is 5.78 Å². The minimum absolute atomic E-state index is 0.0210. The molecule has 2 aromatic rings. The number of aliphatic hydroxyl groups excluding tert-OH is 1. The maximum atomic E-state index is 13.9. The van der Waals surface area contributed by atoms with Crippen LogP contribution < -0.4 is 11.1 Å². The number of aryl methyl sites for hydroxylation is 1. The van der Waals surface area contributed by atoms with Gasteiger partial charge in [-0.2, -0.15) is 0 Å². The van der Waals surface area contributed by atoms with Crippen molar-refractivity contribution in [3.63, 3.8) is 0 Å². The van der Waals surface area contributed by atoms with Crippen molar-refractivity contribution in [1.29, 1.82) is 0 Å². The number of hydrogen-bond donors (Lipinski definition) is 3. The van der Waals surface area contributed by atoms with Crippen LogP contribution in [0.1, 0.15) is 91.3 Å². The molecule has 8 heteroatoms. The van der Waals surface area contributed by atoms with E-state index in [0.29, 0.717) is 30.9 Å². The first-order valence-corrected chi connectivity index (χ1v) is 15.5. The predicted molar refractivity (Wildman–Crippen MR) is 161 cm³/mol. The fourth-order valence-electron chi connectivity index (χ4n) is 6.92. The number of amides is 1. The quantitative estimate of drug-likeness (QED) is 0.302. The number of fused-ring (bicyclic) bond motifs is 1. The smallest absolute Gasteiger partial charge is 0.251 e. The van der Waals surface area contributed by atoms with Gasteiger partial charge in [0.15, 0.2) is 11.6 Å². The first kappa shape index (κ1) is 32.2. The lowest BCUT2D eigenvalue weighted by atomic mass is 9.73. The fourth-order valence-corrected chi connectivity index (χ4v) is 6.92. The van der Waals surface area contributed by atoms with Gasteiger partial charge in [0.25, 0.3) is 5.91 Å². The Bertz CT molecular complexity index is 1240. The molecule has 0 spiro atoms. The number of nitrogens with two attached hydrogens (primary N) is 1. The molecule has 0 aromatic heterocycles. The van der Waals surface area contributed by atoms with Crippen molar-refractivity contribution >= 4 is 11.7 Å². The predicted octanol–water partition coefficient (Wildman–Crippen LogP) is 5.18. The lowest BCUT2D eigenvalue weighted by Gasteiger charge is -2.33. The minimum atomic E-state index is -0.866. The number of nitrogens with zero attached hydrogens (tertiary/aromatic N) is 1. The van der Waals surface area contributed by atoms with E-state index in [1.807, 2.05) is 32.2 Å². The summed E-state index contributed by atoms with van der Waals surface area (Å²) in [5.41, 5.74) is 9.55. The lowest BCUT2D eigenvalue weighted by molar-refractivity contribution is -0.125. The van der Waals surface area contributed by atoms with Gasteiger partial charge in [-0.1, -0.05) is 32.4 Å². The van der Waals surface area contributed by atoms with E-state index >= 15 is 0 Å². The molecule has 1 saturated carbocycles. The average molecular weight is 584 g/mol. The van der Waals surface area contributed by atoms with Gasteiger partial charge in [-0.05, 0) is 98.5 Å². The topological polar surface area (TPSA) is 95.7 Å². The second kappa shape index (κ2) is 14.7. The molecule has 2 aromatic carbocycles. The van der Waals surface area contributed by atoms with Crippen molar-refractivity contribution < 1.29 is 23.5 Å². The SMILES string of the molecule is CCN(C)CC(CO)c1cccc(C(=O)NCC2CCCC(C(C)C(=O)CC(N)C3CCc4cc(F)c(F)cc43)C2)c1. The molecule has 1 fully saturated rings. The molecule has 4 rings (SSSR count). The molecule has 6 atom stereocenters. The number of benzene rings is 2. The highest BCUT2D eigenvalue weighted by molar-refractivity contribution is 5.94. The van der Waals surface area contributed by atoms with Crippen molar-refractivity contribution in [2.24, 2.45) is 23.5 Å². The number of rotatable bonds is 13. The summed E-state index contributed by atoms with van der Waals surface area (Å²) in [5, 5.41) is 13.0. The molecule has 6 nitrogen and oxygen atoms in total. The zero-order chi connectivity index (χ0) is 30.4. The van der Waals surface area contributed by atoms with Crippen LogP contribution in [0.25, 0.3) is 0 Å². The largest absolute Gasteiger partial charge is 0.396 e. The Hall–Kier alpha value is -2.68. The van der Waals surface area contributed by atoms with Crippen LogP contribution in [0.5, 0.6) is 0 Å². The molecule has 2 aliphatic carbocycles. The van der Waals surface area contributed by atoms with Gasteiger partial charge in [-0.3, -0.25) is 9.59 Å². The van der Waals surface area contributed by atoms with Crippen LogP contribution >= 0.6 is 0 Å². The van der Waals surface area contributed by atoms with Crippen LogP contribution in [0.4, 0.5) is 8.78 Å². The number of carbonyl (C=O) groups excluding carboxylic acids is 2. The van der Waals surface area contributed by atoms with Crippen LogP contribution in [0.2, 0.25) is 0 Å². The molecule has 0 saturated heterocycles. The summed E-state index contributed by atoms with van der Waals surface area (Å²) in [6.45, 7) is 6.24. The van der Waals surface area contributed by atoms with E-state index in [4.69, 9.17) is 5.73 Å². The second-order valence-electron chi connectivity index (χ2n) is 12.6. The zero-order valence-electron chi connectivity index (χ0n) is 25.3. The number of halogens is 2. The third-order valence-corrected chi connectivity index (χ3v) is 9.76. The number of likely N-dealkylation sites (N-methyl/N-ethyl adjacent to an activating group) is 1. The van der Waals surface area contributed by atoms with Gasteiger partial charge in [0.2, 0.25) is 0 Å². The van der Waals surface area contributed by atoms with Crippen molar-refractivity contribution in [3.8, 4) is 0 Å². The van der Waals surface area contributed by atoms with Gasteiger partial charge >= 0.3 is 0 Å². The Morgan fingerprint density at radius 2 is 1.90 bits per heavy atom. The number of carbonyl (C=O) groups is 2. The standard InChI is InChI=1S/C34H47F2N3O3/c1-4-39(3)19-27(20-40)24-9-6-10-26(14-24)34(42)38-18-22-7-5-8-23(13-22)21(2)33(41)17-32(37)28-12-11-25-15-30(35)31(36)16-29(25)28/h6,9-10,14-16,21-23,27-28,32,40H,4-5,7-8,11-13,17-20,37H2,1-3H3,(H,38,42). The van der Waals surface area contributed by atoms with Crippen molar-refractivity contribution in [2.45, 2.75) is 76.7 Å². The molecule has 0 aliphatic heterocycles. The van der Waals surface area contributed by atoms with Gasteiger partial charge in [0.05, 0.1) is 6.61 Å². The van der Waals surface area contributed by atoms with Gasteiger partial charge in [-0.15, -0.1) is 0 Å². The molecule has 4 N–H and O–H groups in total. The third-order valence-electron chi connectivity index (χ3n) is 9.76. The molecular weight excluding hydrogens is 536 g/mol. The van der Waals surface area contributed by atoms with E-state index in [2.05, 4.69) is 17.1 Å². The maximum Gasteiger partial charge on any atom is 0.251 e. The summed E-state index contributed by atoms with van der Waals surface area (Å²) in [5.74, 6) is -1.52. The fraction of sp³-hybridized carbons (Fsp3) is 0.588. The summed E-state index contributed by atoms with van der Waals surface area (Å²) < 4.78 is 27.5. The van der Waals surface area contributed by atoms with E-state index < -0.39 is 17.7 Å². The summed E-state index contributed by atoms with van der Waals surface area (Å²) in [4.78, 5) is 28.5. The molecule has 230 valence electrons. The number of aliphatic hydroxyl groups is 1. The summed E-state index contributed by atoms with van der Waals surface area (Å²) >= 11 is 0. The Kier molecular flexibility index (Phi) is 11.3. The van der Waals surface area contributed by atoms with Crippen molar-refractivity contribution in [2.75, 3.05) is 33.3 Å². The molecular formula is C34H47F2N3O3. The van der Waals surface area contributed by atoms with E-state index in [1.54, 1.807) is 6.07 Å². The van der Waals surface area contributed by atoms with E-state index in [0.717, 1.165) is 55.5 Å². The Balaban J connectivity index is 1.29. The third kappa shape index (κ3) is 7.82. The molecule has 6 unspecified atom stereocenters. The van der Waals surface area contributed by atoms with Crippen LogP contribution in [0.15, 0.2) is 36.4 Å². The zero-order valence-corrected chi connectivity index (χ0v) is 25.3. The minimum Gasteiger partial charge on any atom is -0.396 e. The average Bonchev–Trinajstić information content (AvgIpc) is 3.40. The van der Waals surface area contributed by atoms with Crippen molar-refractivity contribution in [3.05, 3.63) is 70.3 Å². The van der Waals surface area contributed by atoms with Crippen LogP contribution in [-0.2, 0) is 11.2 Å². The second-order valence-corrected chi connectivity index (χ2v) is 12.6. The summed E-state index contributed by atoms with van der Waals surface area (Å²) in [6, 6.07) is 9.60. The number of hydrogen-bond acceptors (Lipinski definition) is 5. The maximum absolute atomic E-state index is 13.9. The molecule has 2 aliphatic rings. The summed E-state index contributed by atoms with van der Waals surface area (Å²) in [7, 11) is 2.01. The molecule has 0 bridgehead atoms. The van der Waals surface area contributed by atoms with Crippen LogP contribution in [0.3, 0.4) is 0 Å². The lowest BCUT2D eigenvalue weighted by Crippen LogP contribution is -2.36. The number of nitrogens with one attached hydrogen (secondary N) is 1. The Morgan fingerprint density at radius 3 is 2.64 bits per heavy atom. The monoisotopic (exact) mass is 583 g/mol. The molecule has 42 heavy (non-hydrogen) atoms. The molecule has 1 amide bonds. The number of Topliss-reactive ketones (excluding diaryl/α,β-unsaturated/α-hetero) is 1. The van der Waals surface area contributed by atoms with Gasteiger partial charge < -0.3 is 21.1 Å². The van der Waals surface area contributed by atoms with Crippen LogP contribution in [0, 0.1) is 29.4 Å². The first-order valence-electron chi connectivity index (χ1n) is 15.5. The van der Waals surface area contributed by atoms with E-state index in [9.17, 15) is 23.5 Å². The van der Waals surface area contributed by atoms with Gasteiger partial charge in [0, 0.05) is 48.9 Å².